The number of halogens is 1. The summed E-state index contributed by atoms with van der Waals surface area (Å²) < 4.78 is 0. The minimum absolute atomic E-state index is 0.00369. The molecule has 2 aromatic carbocycles. The first-order chi connectivity index (χ1) is 17.9. The van der Waals surface area contributed by atoms with Gasteiger partial charge in [-0.2, -0.15) is 0 Å². The summed E-state index contributed by atoms with van der Waals surface area (Å²) >= 11 is 7.23. The first kappa shape index (κ1) is 25.8. The van der Waals surface area contributed by atoms with Gasteiger partial charge in [0.1, 0.15) is 5.01 Å². The second kappa shape index (κ2) is 11.7. The first-order valence-electron chi connectivity index (χ1n) is 12.7. The van der Waals surface area contributed by atoms with Crippen LogP contribution < -0.4 is 16.0 Å². The summed E-state index contributed by atoms with van der Waals surface area (Å²) in [4.78, 5) is 29.6. The van der Waals surface area contributed by atoms with Crippen molar-refractivity contribution in [3.05, 3.63) is 74.7 Å². The van der Waals surface area contributed by atoms with Gasteiger partial charge in [-0.1, -0.05) is 47.2 Å². The Labute approximate surface area is 225 Å². The molecule has 1 aromatic heterocycles. The lowest BCUT2D eigenvalue weighted by Gasteiger charge is -2.30. The normalized spacial score (nSPS) is 18.9. The third-order valence-electron chi connectivity index (χ3n) is 6.95. The van der Waals surface area contributed by atoms with Crippen LogP contribution in [-0.4, -0.2) is 58.6 Å². The number of nitrogens with one attached hydrogen (secondary N) is 1. The van der Waals surface area contributed by atoms with Gasteiger partial charge < -0.3 is 16.0 Å². The van der Waals surface area contributed by atoms with Crippen molar-refractivity contribution in [1.82, 2.24) is 20.4 Å². The standard InChI is InChI=1S/C27H31ClN6O2S/c28-20-6-1-18(2-7-20)5-10-24-31-32-27(37-24)26(36)30-22-15-25(35)34(17-22)23-8-3-19(4-9-23)16-33-13-11-21(29)12-14-33/h1-4,6-9,21-22H,5,10-17,29H2,(H,30,36). The summed E-state index contributed by atoms with van der Waals surface area (Å²) in [7, 11) is 0. The van der Waals surface area contributed by atoms with Crippen LogP contribution in [0.1, 0.15) is 45.2 Å². The fourth-order valence-corrected chi connectivity index (χ4v) is 5.67. The van der Waals surface area contributed by atoms with E-state index in [1.807, 2.05) is 36.4 Å². The van der Waals surface area contributed by atoms with Gasteiger partial charge in [-0.15, -0.1) is 10.2 Å². The maximum atomic E-state index is 12.8. The average Bonchev–Trinajstić information content (AvgIpc) is 3.52. The SMILES string of the molecule is NC1CCN(Cc2ccc(N3CC(NC(=O)c4nnc(CCc5ccc(Cl)cc5)s4)CC3=O)cc2)CC1. The summed E-state index contributed by atoms with van der Waals surface area (Å²) in [6, 6.07) is 15.9. The van der Waals surface area contributed by atoms with Gasteiger partial charge in [-0.3, -0.25) is 14.5 Å². The quantitative estimate of drug-likeness (QED) is 0.455. The van der Waals surface area contributed by atoms with E-state index in [2.05, 4.69) is 32.5 Å². The minimum atomic E-state index is -0.286. The molecule has 0 saturated carbocycles. The van der Waals surface area contributed by atoms with E-state index in [-0.39, 0.29) is 24.3 Å². The van der Waals surface area contributed by atoms with Crippen molar-refractivity contribution >= 4 is 40.4 Å². The van der Waals surface area contributed by atoms with E-state index in [0.29, 0.717) is 29.0 Å². The zero-order valence-electron chi connectivity index (χ0n) is 20.6. The predicted molar refractivity (Wildman–Crippen MR) is 146 cm³/mol. The van der Waals surface area contributed by atoms with Crippen LogP contribution in [0, 0.1) is 0 Å². The zero-order chi connectivity index (χ0) is 25.8. The van der Waals surface area contributed by atoms with Crippen LogP contribution >= 0.6 is 22.9 Å². The van der Waals surface area contributed by atoms with Crippen molar-refractivity contribution in [1.29, 1.82) is 0 Å². The molecule has 8 nitrogen and oxygen atoms in total. The highest BCUT2D eigenvalue weighted by molar-refractivity contribution is 7.13. The largest absolute Gasteiger partial charge is 0.345 e. The number of carbonyl (C=O) groups excluding carboxylic acids is 2. The summed E-state index contributed by atoms with van der Waals surface area (Å²) in [5.41, 5.74) is 9.23. The monoisotopic (exact) mass is 538 g/mol. The van der Waals surface area contributed by atoms with E-state index in [9.17, 15) is 9.59 Å². The Balaban J connectivity index is 1.11. The van der Waals surface area contributed by atoms with E-state index in [1.165, 1.54) is 16.9 Å². The Bertz CT molecular complexity index is 1220. The van der Waals surface area contributed by atoms with Gasteiger partial charge in [0.2, 0.25) is 10.9 Å². The number of carbonyl (C=O) groups is 2. The number of likely N-dealkylation sites (tertiary alicyclic amines) is 1. The number of aryl methyl sites for hydroxylation is 2. The molecule has 2 aliphatic rings. The number of amides is 2. The number of benzene rings is 2. The third kappa shape index (κ3) is 6.73. The Morgan fingerprint density at radius 1 is 1.03 bits per heavy atom. The number of hydrogen-bond acceptors (Lipinski definition) is 7. The molecule has 1 atom stereocenters. The van der Waals surface area contributed by atoms with E-state index in [4.69, 9.17) is 17.3 Å². The molecule has 2 saturated heterocycles. The van der Waals surface area contributed by atoms with Crippen LogP contribution in [-0.2, 0) is 24.2 Å². The van der Waals surface area contributed by atoms with Crippen LogP contribution in [0.2, 0.25) is 5.02 Å². The number of rotatable bonds is 8. The molecule has 0 spiro atoms. The highest BCUT2D eigenvalue weighted by atomic mass is 35.5. The van der Waals surface area contributed by atoms with Crippen LogP contribution in [0.3, 0.4) is 0 Å². The fourth-order valence-electron chi connectivity index (χ4n) is 4.80. The molecule has 0 bridgehead atoms. The van der Waals surface area contributed by atoms with Gasteiger partial charge >= 0.3 is 0 Å². The molecule has 2 aliphatic heterocycles. The maximum Gasteiger partial charge on any atom is 0.282 e. The summed E-state index contributed by atoms with van der Waals surface area (Å²) in [6.45, 7) is 3.38. The molecule has 5 rings (SSSR count). The number of hydrogen-bond donors (Lipinski definition) is 2. The Morgan fingerprint density at radius 2 is 1.73 bits per heavy atom. The van der Waals surface area contributed by atoms with Crippen LogP contribution in [0.25, 0.3) is 0 Å². The fraction of sp³-hybridized carbons (Fsp3) is 0.407. The van der Waals surface area contributed by atoms with E-state index >= 15 is 0 Å². The van der Waals surface area contributed by atoms with Gasteiger partial charge in [-0.25, -0.2) is 0 Å². The van der Waals surface area contributed by atoms with Crippen molar-refractivity contribution in [2.45, 2.75) is 50.7 Å². The lowest BCUT2D eigenvalue weighted by molar-refractivity contribution is -0.117. The van der Waals surface area contributed by atoms with E-state index in [1.54, 1.807) is 4.90 Å². The van der Waals surface area contributed by atoms with Crippen molar-refractivity contribution in [3.63, 3.8) is 0 Å². The Kier molecular flexibility index (Phi) is 8.14. The van der Waals surface area contributed by atoms with Crippen molar-refractivity contribution in [2.24, 2.45) is 5.73 Å². The molecule has 194 valence electrons. The molecule has 37 heavy (non-hydrogen) atoms. The molecular weight excluding hydrogens is 508 g/mol. The second-order valence-corrected chi connectivity index (χ2v) is 11.3. The molecule has 10 heteroatoms. The van der Waals surface area contributed by atoms with Crippen molar-refractivity contribution < 1.29 is 9.59 Å². The van der Waals surface area contributed by atoms with Gasteiger partial charge in [0.15, 0.2) is 0 Å². The molecule has 3 heterocycles. The molecule has 2 amide bonds. The second-order valence-electron chi connectivity index (χ2n) is 9.79. The zero-order valence-corrected chi connectivity index (χ0v) is 22.2. The summed E-state index contributed by atoms with van der Waals surface area (Å²) in [6.07, 6.45) is 3.84. The highest BCUT2D eigenvalue weighted by Crippen LogP contribution is 2.24. The predicted octanol–water partition coefficient (Wildman–Crippen LogP) is 3.44. The van der Waals surface area contributed by atoms with Gasteiger partial charge in [0, 0.05) is 42.7 Å². The van der Waals surface area contributed by atoms with Gasteiger partial charge in [-0.05, 0) is 67.7 Å². The molecule has 2 fully saturated rings. The van der Waals surface area contributed by atoms with Crippen LogP contribution in [0.15, 0.2) is 48.5 Å². The average molecular weight is 539 g/mol. The van der Waals surface area contributed by atoms with Crippen LogP contribution in [0.4, 0.5) is 5.69 Å². The Morgan fingerprint density at radius 3 is 2.46 bits per heavy atom. The number of anilines is 1. The molecule has 0 radical (unpaired) electrons. The molecular formula is C27H31ClN6O2S. The van der Waals surface area contributed by atoms with Gasteiger partial charge in [0.25, 0.3) is 5.91 Å². The molecule has 0 aliphatic carbocycles. The lowest BCUT2D eigenvalue weighted by atomic mass is 10.1. The third-order valence-corrected chi connectivity index (χ3v) is 8.18. The summed E-state index contributed by atoms with van der Waals surface area (Å²) in [5, 5.41) is 13.0. The van der Waals surface area contributed by atoms with E-state index in [0.717, 1.165) is 55.2 Å². The molecule has 1 unspecified atom stereocenters. The molecule has 3 N–H and O–H groups in total. The lowest BCUT2D eigenvalue weighted by Crippen LogP contribution is -2.39. The number of aromatic nitrogens is 2. The first-order valence-corrected chi connectivity index (χ1v) is 13.9. The number of piperidine rings is 1. The highest BCUT2D eigenvalue weighted by Gasteiger charge is 2.32. The van der Waals surface area contributed by atoms with Crippen molar-refractivity contribution in [3.8, 4) is 0 Å². The smallest absolute Gasteiger partial charge is 0.282 e. The molecule has 3 aromatic rings. The van der Waals surface area contributed by atoms with Gasteiger partial charge in [0.05, 0.1) is 6.04 Å². The topological polar surface area (TPSA) is 104 Å². The maximum absolute atomic E-state index is 12.8. The number of nitrogens with two attached hydrogens (primary N) is 1. The minimum Gasteiger partial charge on any atom is -0.345 e. The summed E-state index contributed by atoms with van der Waals surface area (Å²) in [5.74, 6) is -0.282. The van der Waals surface area contributed by atoms with E-state index < -0.39 is 0 Å². The Hall–Kier alpha value is -2.85. The van der Waals surface area contributed by atoms with Crippen molar-refractivity contribution in [2.75, 3.05) is 24.5 Å². The number of nitrogens with zero attached hydrogens (tertiary/aromatic N) is 4. The van der Waals surface area contributed by atoms with Crippen LogP contribution in [0.5, 0.6) is 0 Å².